The number of H-pyrrole nitrogens is 1. The predicted molar refractivity (Wildman–Crippen MR) is 105 cm³/mol. The van der Waals surface area contributed by atoms with E-state index in [-0.39, 0.29) is 0 Å². The van der Waals surface area contributed by atoms with Crippen LogP contribution < -0.4 is 20.3 Å². The molecule has 5 rings (SSSR count). The molecule has 0 spiro atoms. The molecule has 2 unspecified atom stereocenters. The number of hydrogen-bond donors (Lipinski definition) is 3. The minimum atomic E-state index is 0.371. The number of aromatic amines is 1. The Kier molecular flexibility index (Phi) is 4.02. The van der Waals surface area contributed by atoms with E-state index in [1.54, 1.807) is 13.3 Å². The van der Waals surface area contributed by atoms with E-state index in [9.17, 15) is 0 Å². The molecule has 2 fully saturated rings. The van der Waals surface area contributed by atoms with Gasteiger partial charge in [-0.15, -0.1) is 0 Å². The third-order valence-electron chi connectivity index (χ3n) is 5.32. The molecule has 0 saturated carbocycles. The first-order chi connectivity index (χ1) is 13.2. The van der Waals surface area contributed by atoms with Gasteiger partial charge < -0.3 is 20.3 Å². The largest absolute Gasteiger partial charge is 0.480 e. The molecule has 8 nitrogen and oxygen atoms in total. The van der Waals surface area contributed by atoms with Crippen molar-refractivity contribution in [2.24, 2.45) is 0 Å². The maximum Gasteiger partial charge on any atom is 0.239 e. The van der Waals surface area contributed by atoms with Gasteiger partial charge in [0.1, 0.15) is 5.02 Å². The van der Waals surface area contributed by atoms with Crippen molar-refractivity contribution in [3.8, 4) is 5.88 Å². The van der Waals surface area contributed by atoms with E-state index < -0.39 is 0 Å². The van der Waals surface area contributed by atoms with Crippen LogP contribution in [0.5, 0.6) is 5.88 Å². The molecule has 2 aliphatic heterocycles. The van der Waals surface area contributed by atoms with Crippen molar-refractivity contribution in [2.45, 2.75) is 24.9 Å². The topological polar surface area (TPSA) is 91.0 Å². The first-order valence-corrected chi connectivity index (χ1v) is 9.41. The lowest BCUT2D eigenvalue weighted by Crippen LogP contribution is -2.52. The smallest absolute Gasteiger partial charge is 0.239 e. The fourth-order valence-electron chi connectivity index (χ4n) is 4.01. The van der Waals surface area contributed by atoms with Crippen LogP contribution in [0, 0.1) is 0 Å². The number of nitrogens with zero attached hydrogens (tertiary/aromatic N) is 4. The zero-order valence-corrected chi connectivity index (χ0v) is 15.6. The molecule has 3 aromatic rings. The van der Waals surface area contributed by atoms with E-state index in [0.717, 1.165) is 42.5 Å². The lowest BCUT2D eigenvalue weighted by atomic mass is 10.2. The van der Waals surface area contributed by atoms with E-state index in [4.69, 9.17) is 21.3 Å². The number of anilines is 3. The zero-order chi connectivity index (χ0) is 18.4. The molecule has 2 aromatic heterocycles. The lowest BCUT2D eigenvalue weighted by molar-refractivity contribution is 0.395. The number of hydrogen-bond acceptors (Lipinski definition) is 7. The van der Waals surface area contributed by atoms with Crippen molar-refractivity contribution in [3.05, 3.63) is 29.4 Å². The monoisotopic (exact) mass is 385 g/mol. The number of rotatable bonds is 4. The summed E-state index contributed by atoms with van der Waals surface area (Å²) >= 11 is 6.49. The zero-order valence-electron chi connectivity index (χ0n) is 14.9. The Balaban J connectivity index is 1.53. The molecule has 140 valence electrons. The molecule has 27 heavy (non-hydrogen) atoms. The van der Waals surface area contributed by atoms with E-state index in [1.807, 2.05) is 18.2 Å². The van der Waals surface area contributed by atoms with Gasteiger partial charge in [0, 0.05) is 36.2 Å². The Morgan fingerprint density at radius 3 is 2.81 bits per heavy atom. The highest BCUT2D eigenvalue weighted by Crippen LogP contribution is 2.37. The normalized spacial score (nSPS) is 21.6. The fraction of sp³-hybridized carbons (Fsp3) is 0.389. The Labute approximate surface area is 161 Å². The SMILES string of the molecule is COc1nc(N2C3CCC2CNC3)nc(Nc2ccc3[nH]ncc3c2)c1Cl. The van der Waals surface area contributed by atoms with Crippen LogP contribution in [-0.4, -0.2) is 52.4 Å². The van der Waals surface area contributed by atoms with Crippen molar-refractivity contribution >= 4 is 40.0 Å². The van der Waals surface area contributed by atoms with Gasteiger partial charge in [-0.25, -0.2) is 0 Å². The van der Waals surface area contributed by atoms with Gasteiger partial charge in [0.25, 0.3) is 0 Å². The van der Waals surface area contributed by atoms with E-state index in [2.05, 4.69) is 30.7 Å². The molecule has 9 heteroatoms. The quantitative estimate of drug-likeness (QED) is 0.636. The van der Waals surface area contributed by atoms with Crippen LogP contribution in [0.4, 0.5) is 17.5 Å². The number of methoxy groups -OCH3 is 1. The van der Waals surface area contributed by atoms with Crippen LogP contribution in [0.25, 0.3) is 10.9 Å². The van der Waals surface area contributed by atoms with Crippen molar-refractivity contribution in [1.82, 2.24) is 25.5 Å². The number of ether oxygens (including phenoxy) is 1. The molecule has 0 aliphatic carbocycles. The highest BCUT2D eigenvalue weighted by Gasteiger charge is 2.38. The van der Waals surface area contributed by atoms with E-state index in [1.165, 1.54) is 0 Å². The minimum Gasteiger partial charge on any atom is -0.480 e. The van der Waals surface area contributed by atoms with Crippen LogP contribution in [0.15, 0.2) is 24.4 Å². The van der Waals surface area contributed by atoms with Gasteiger partial charge in [-0.05, 0) is 31.0 Å². The molecule has 4 heterocycles. The summed E-state index contributed by atoms with van der Waals surface area (Å²) in [6.07, 6.45) is 4.07. The molecule has 0 radical (unpaired) electrons. The average molecular weight is 386 g/mol. The van der Waals surface area contributed by atoms with E-state index in [0.29, 0.717) is 34.8 Å². The molecular weight excluding hydrogens is 366 g/mol. The lowest BCUT2D eigenvalue weighted by Gasteiger charge is -2.35. The summed E-state index contributed by atoms with van der Waals surface area (Å²) in [5, 5.41) is 15.2. The molecular formula is C18H20ClN7O. The summed E-state index contributed by atoms with van der Waals surface area (Å²) in [7, 11) is 1.58. The summed E-state index contributed by atoms with van der Waals surface area (Å²) < 4.78 is 5.42. The standard InChI is InChI=1S/C18H20ClN7O/c1-27-17-15(19)16(22-11-2-5-14-10(6-11)7-21-25-14)23-18(24-17)26-12-3-4-13(26)9-20-8-12/h2,5-7,12-13,20H,3-4,8-9H2,1H3,(H,21,25)(H,22,23,24). The maximum absolute atomic E-state index is 6.49. The fourth-order valence-corrected chi connectivity index (χ4v) is 4.22. The number of piperazine rings is 1. The van der Waals surface area contributed by atoms with Gasteiger partial charge in [-0.2, -0.15) is 15.1 Å². The summed E-state index contributed by atoms with van der Waals surface area (Å²) in [4.78, 5) is 11.6. The van der Waals surface area contributed by atoms with Crippen LogP contribution in [0.3, 0.4) is 0 Å². The first-order valence-electron chi connectivity index (χ1n) is 9.03. The molecule has 0 amide bonds. The second-order valence-electron chi connectivity index (χ2n) is 6.94. The van der Waals surface area contributed by atoms with Crippen molar-refractivity contribution in [2.75, 3.05) is 30.4 Å². The molecule has 1 aromatic carbocycles. The second kappa shape index (κ2) is 6.54. The Morgan fingerprint density at radius 2 is 2.04 bits per heavy atom. The van der Waals surface area contributed by atoms with Crippen LogP contribution in [0.1, 0.15) is 12.8 Å². The molecule has 2 atom stereocenters. The highest BCUT2D eigenvalue weighted by molar-refractivity contribution is 6.34. The van der Waals surface area contributed by atoms with Crippen LogP contribution >= 0.6 is 11.6 Å². The summed E-state index contributed by atoms with van der Waals surface area (Å²) in [5.41, 5.74) is 1.85. The van der Waals surface area contributed by atoms with Gasteiger partial charge in [-0.1, -0.05) is 11.6 Å². The molecule has 2 bridgehead atoms. The van der Waals surface area contributed by atoms with Gasteiger partial charge in [0.15, 0.2) is 5.82 Å². The number of fused-ring (bicyclic) bond motifs is 3. The van der Waals surface area contributed by atoms with Crippen molar-refractivity contribution in [3.63, 3.8) is 0 Å². The number of halogens is 1. The summed E-state index contributed by atoms with van der Waals surface area (Å²) in [6.45, 7) is 1.90. The maximum atomic E-state index is 6.49. The molecule has 3 N–H and O–H groups in total. The van der Waals surface area contributed by atoms with Crippen LogP contribution in [-0.2, 0) is 0 Å². The third-order valence-corrected chi connectivity index (χ3v) is 5.66. The van der Waals surface area contributed by atoms with E-state index >= 15 is 0 Å². The van der Waals surface area contributed by atoms with Gasteiger partial charge >= 0.3 is 0 Å². The van der Waals surface area contributed by atoms with Gasteiger partial charge in [-0.3, -0.25) is 5.10 Å². The second-order valence-corrected chi connectivity index (χ2v) is 7.32. The van der Waals surface area contributed by atoms with Crippen LogP contribution in [0.2, 0.25) is 5.02 Å². The Morgan fingerprint density at radius 1 is 1.22 bits per heavy atom. The third kappa shape index (κ3) is 2.85. The Hall–Kier alpha value is -2.58. The van der Waals surface area contributed by atoms with Gasteiger partial charge in [0.2, 0.25) is 11.8 Å². The summed E-state index contributed by atoms with van der Waals surface area (Å²) in [5.74, 6) is 1.59. The first kappa shape index (κ1) is 16.6. The molecule has 2 saturated heterocycles. The minimum absolute atomic E-state index is 0.371. The molecule has 2 aliphatic rings. The van der Waals surface area contributed by atoms with Gasteiger partial charge in [0.05, 0.1) is 18.8 Å². The Bertz CT molecular complexity index is 975. The van der Waals surface area contributed by atoms with Crippen molar-refractivity contribution in [1.29, 1.82) is 0 Å². The number of nitrogens with one attached hydrogen (secondary N) is 3. The van der Waals surface area contributed by atoms with Crippen molar-refractivity contribution < 1.29 is 4.74 Å². The highest BCUT2D eigenvalue weighted by atomic mass is 35.5. The summed E-state index contributed by atoms with van der Waals surface area (Å²) in [6, 6.07) is 6.74. The predicted octanol–water partition coefficient (Wildman–Crippen LogP) is 2.70. The average Bonchev–Trinajstić information content (AvgIpc) is 3.24. The number of aromatic nitrogens is 4. The number of benzene rings is 1.